The highest BCUT2D eigenvalue weighted by molar-refractivity contribution is 5.78. The third-order valence-corrected chi connectivity index (χ3v) is 5.99. The summed E-state index contributed by atoms with van der Waals surface area (Å²) in [7, 11) is 0. The number of rotatable bonds is 5. The van der Waals surface area contributed by atoms with Crippen LogP contribution in [0.15, 0.2) is 29.3 Å². The monoisotopic (exact) mass is 355 g/mol. The number of hydrogen-bond acceptors (Lipinski definition) is 3. The Hall–Kier alpha value is -1.75. The number of benzene rings is 1. The molecular weight excluding hydrogens is 322 g/mol. The molecule has 3 fully saturated rings. The van der Waals surface area contributed by atoms with Gasteiger partial charge in [0.05, 0.1) is 6.54 Å². The topological polar surface area (TPSA) is 48.1 Å². The molecule has 1 saturated carbocycles. The minimum atomic E-state index is 0.678. The van der Waals surface area contributed by atoms with Crippen molar-refractivity contribution in [1.29, 1.82) is 0 Å². The average Bonchev–Trinajstić information content (AvgIpc) is 3.52. The first kappa shape index (κ1) is 17.7. The lowest BCUT2D eigenvalue weighted by Gasteiger charge is -2.36. The van der Waals surface area contributed by atoms with Crippen molar-refractivity contribution in [1.82, 2.24) is 9.80 Å². The van der Waals surface area contributed by atoms with Gasteiger partial charge in [-0.15, -0.1) is 0 Å². The molecule has 2 heterocycles. The summed E-state index contributed by atoms with van der Waals surface area (Å²) in [5, 5.41) is 0. The normalized spacial score (nSPS) is 22.7. The van der Waals surface area contributed by atoms with Gasteiger partial charge in [0.2, 0.25) is 0 Å². The van der Waals surface area contributed by atoms with E-state index in [4.69, 9.17) is 5.73 Å². The van der Waals surface area contributed by atoms with E-state index >= 15 is 0 Å². The summed E-state index contributed by atoms with van der Waals surface area (Å²) in [4.78, 5) is 12.0. The van der Waals surface area contributed by atoms with Crippen LogP contribution in [0.25, 0.3) is 0 Å². The molecule has 1 aliphatic carbocycles. The first-order valence-electron chi connectivity index (χ1n) is 10.4. The molecule has 0 radical (unpaired) electrons. The SMILES string of the molecule is NC(=NCc1ccc(N2CCN(CC3CC3)CC2)cc1)N1CCCCC1. The molecule has 3 aliphatic rings. The third-order valence-electron chi connectivity index (χ3n) is 5.99. The van der Waals surface area contributed by atoms with Crippen molar-refractivity contribution < 1.29 is 0 Å². The predicted molar refractivity (Wildman–Crippen MR) is 109 cm³/mol. The smallest absolute Gasteiger partial charge is 0.191 e. The van der Waals surface area contributed by atoms with Gasteiger partial charge in [-0.3, -0.25) is 4.90 Å². The lowest BCUT2D eigenvalue weighted by atomic mass is 10.1. The molecule has 0 spiro atoms. The summed E-state index contributed by atoms with van der Waals surface area (Å²) in [5.41, 5.74) is 8.74. The molecule has 5 heteroatoms. The second-order valence-electron chi connectivity index (χ2n) is 8.12. The van der Waals surface area contributed by atoms with Crippen molar-refractivity contribution >= 4 is 11.6 Å². The minimum absolute atomic E-state index is 0.678. The predicted octanol–water partition coefficient (Wildman–Crippen LogP) is 2.52. The van der Waals surface area contributed by atoms with Gasteiger partial charge in [0.1, 0.15) is 0 Å². The fraction of sp³-hybridized carbons (Fsp3) is 0.667. The number of guanidine groups is 1. The fourth-order valence-corrected chi connectivity index (χ4v) is 4.06. The number of piperazine rings is 1. The summed E-state index contributed by atoms with van der Waals surface area (Å²) in [6.45, 7) is 8.81. The highest BCUT2D eigenvalue weighted by Gasteiger charge is 2.26. The number of likely N-dealkylation sites (tertiary alicyclic amines) is 1. The summed E-state index contributed by atoms with van der Waals surface area (Å²) in [6, 6.07) is 8.91. The molecule has 2 saturated heterocycles. The molecule has 2 N–H and O–H groups in total. The highest BCUT2D eigenvalue weighted by Crippen LogP contribution is 2.30. The first-order valence-corrected chi connectivity index (χ1v) is 10.4. The molecule has 0 atom stereocenters. The van der Waals surface area contributed by atoms with Crippen LogP contribution in [0.1, 0.15) is 37.7 Å². The molecule has 2 aliphatic heterocycles. The van der Waals surface area contributed by atoms with Crippen molar-refractivity contribution in [3.8, 4) is 0 Å². The Kier molecular flexibility index (Phi) is 5.63. The van der Waals surface area contributed by atoms with Gasteiger partial charge >= 0.3 is 0 Å². The molecule has 1 aromatic carbocycles. The van der Waals surface area contributed by atoms with E-state index < -0.39 is 0 Å². The van der Waals surface area contributed by atoms with Crippen LogP contribution < -0.4 is 10.6 Å². The molecule has 0 amide bonds. The van der Waals surface area contributed by atoms with Crippen molar-refractivity contribution in [3.05, 3.63) is 29.8 Å². The Morgan fingerprint density at radius 1 is 0.923 bits per heavy atom. The molecule has 0 aromatic heterocycles. The number of anilines is 1. The Balaban J connectivity index is 1.26. The van der Waals surface area contributed by atoms with Gasteiger partial charge in [-0.1, -0.05) is 12.1 Å². The zero-order chi connectivity index (χ0) is 17.8. The number of nitrogens with two attached hydrogens (primary N) is 1. The third kappa shape index (κ3) is 4.70. The largest absolute Gasteiger partial charge is 0.370 e. The fourth-order valence-electron chi connectivity index (χ4n) is 4.06. The van der Waals surface area contributed by atoms with Crippen LogP contribution in [0.4, 0.5) is 5.69 Å². The lowest BCUT2D eigenvalue weighted by Crippen LogP contribution is -2.47. The number of nitrogens with zero attached hydrogens (tertiary/aromatic N) is 4. The van der Waals surface area contributed by atoms with Gasteiger partial charge in [0.15, 0.2) is 5.96 Å². The highest BCUT2D eigenvalue weighted by atomic mass is 15.3. The van der Waals surface area contributed by atoms with E-state index in [0.29, 0.717) is 12.5 Å². The van der Waals surface area contributed by atoms with Gasteiger partial charge in [-0.25, -0.2) is 4.99 Å². The van der Waals surface area contributed by atoms with E-state index in [1.54, 1.807) is 0 Å². The van der Waals surface area contributed by atoms with Gasteiger partial charge in [-0.2, -0.15) is 0 Å². The molecule has 142 valence electrons. The second-order valence-corrected chi connectivity index (χ2v) is 8.12. The van der Waals surface area contributed by atoms with Gasteiger partial charge in [-0.05, 0) is 55.7 Å². The average molecular weight is 356 g/mol. The van der Waals surface area contributed by atoms with Crippen molar-refractivity contribution in [2.45, 2.75) is 38.6 Å². The molecule has 26 heavy (non-hydrogen) atoms. The molecule has 0 bridgehead atoms. The lowest BCUT2D eigenvalue weighted by molar-refractivity contribution is 0.248. The summed E-state index contributed by atoms with van der Waals surface area (Å²) in [6.07, 6.45) is 6.69. The standard InChI is InChI=1S/C21H33N5/c22-21(26-10-2-1-3-11-26)23-16-18-6-8-20(9-7-18)25-14-12-24(13-15-25)17-19-4-5-19/h6-9,19H,1-5,10-17H2,(H2,22,23). The quantitative estimate of drug-likeness (QED) is 0.651. The van der Waals surface area contributed by atoms with Crippen LogP contribution in [0.5, 0.6) is 0 Å². The zero-order valence-corrected chi connectivity index (χ0v) is 15.9. The maximum atomic E-state index is 6.16. The number of piperidine rings is 1. The number of hydrogen-bond donors (Lipinski definition) is 1. The van der Waals surface area contributed by atoms with E-state index in [-0.39, 0.29) is 0 Å². The Bertz CT molecular complexity index is 593. The zero-order valence-electron chi connectivity index (χ0n) is 15.9. The molecular formula is C21H33N5. The van der Waals surface area contributed by atoms with Crippen LogP contribution in [-0.2, 0) is 6.54 Å². The van der Waals surface area contributed by atoms with Crippen LogP contribution >= 0.6 is 0 Å². The van der Waals surface area contributed by atoms with E-state index in [2.05, 4.69) is 44.0 Å². The van der Waals surface area contributed by atoms with Gasteiger partial charge in [0.25, 0.3) is 0 Å². The summed E-state index contributed by atoms with van der Waals surface area (Å²) >= 11 is 0. The maximum Gasteiger partial charge on any atom is 0.191 e. The van der Waals surface area contributed by atoms with Gasteiger partial charge < -0.3 is 15.5 Å². The van der Waals surface area contributed by atoms with E-state index in [9.17, 15) is 0 Å². The summed E-state index contributed by atoms with van der Waals surface area (Å²) in [5.74, 6) is 1.71. The molecule has 0 unspecified atom stereocenters. The Morgan fingerprint density at radius 2 is 1.62 bits per heavy atom. The first-order chi connectivity index (χ1) is 12.8. The van der Waals surface area contributed by atoms with Crippen molar-refractivity contribution in [2.75, 3.05) is 50.7 Å². The van der Waals surface area contributed by atoms with Crippen molar-refractivity contribution in [3.63, 3.8) is 0 Å². The van der Waals surface area contributed by atoms with E-state index in [0.717, 1.165) is 32.1 Å². The van der Waals surface area contributed by atoms with Gasteiger partial charge in [0, 0.05) is 51.5 Å². The molecule has 4 rings (SSSR count). The maximum absolute atomic E-state index is 6.16. The minimum Gasteiger partial charge on any atom is -0.370 e. The molecule has 1 aromatic rings. The number of aliphatic imine (C=N–C) groups is 1. The Labute approximate surface area is 157 Å². The summed E-state index contributed by atoms with van der Waals surface area (Å²) < 4.78 is 0. The van der Waals surface area contributed by atoms with E-state index in [1.807, 2.05) is 0 Å². The Morgan fingerprint density at radius 3 is 2.27 bits per heavy atom. The van der Waals surface area contributed by atoms with E-state index in [1.165, 1.54) is 63.0 Å². The van der Waals surface area contributed by atoms with Crippen LogP contribution in [0.2, 0.25) is 0 Å². The second kappa shape index (κ2) is 8.30. The van der Waals surface area contributed by atoms with Crippen LogP contribution in [-0.4, -0.2) is 61.6 Å². The van der Waals surface area contributed by atoms with Crippen molar-refractivity contribution in [2.24, 2.45) is 16.6 Å². The molecule has 5 nitrogen and oxygen atoms in total. The van der Waals surface area contributed by atoms with Crippen LogP contribution in [0.3, 0.4) is 0 Å². The van der Waals surface area contributed by atoms with Crippen LogP contribution in [0, 0.1) is 5.92 Å².